The zero-order chi connectivity index (χ0) is 24.2. The number of halogens is 3. The molecule has 0 bridgehead atoms. The van der Waals surface area contributed by atoms with Crippen LogP contribution >= 0.6 is 0 Å². The van der Waals surface area contributed by atoms with Crippen LogP contribution in [0.25, 0.3) is 11.4 Å². The molecule has 0 saturated heterocycles. The molecule has 0 atom stereocenters. The molecule has 3 rings (SSSR count). The first-order chi connectivity index (χ1) is 15.5. The molecule has 0 spiro atoms. The molecule has 2 aromatic carbocycles. The van der Waals surface area contributed by atoms with Crippen molar-refractivity contribution in [2.45, 2.75) is 26.6 Å². The van der Waals surface area contributed by atoms with Crippen LogP contribution in [0.4, 0.5) is 13.2 Å². The third-order valence-corrected chi connectivity index (χ3v) is 4.93. The maximum atomic E-state index is 12.9. The van der Waals surface area contributed by atoms with Crippen molar-refractivity contribution < 1.29 is 27.3 Å². The highest BCUT2D eigenvalue weighted by molar-refractivity contribution is 5.95. The Balaban J connectivity index is 1.64. The van der Waals surface area contributed by atoms with Gasteiger partial charge in [-0.2, -0.15) is 18.2 Å². The van der Waals surface area contributed by atoms with Gasteiger partial charge in [-0.25, -0.2) is 0 Å². The van der Waals surface area contributed by atoms with Gasteiger partial charge in [-0.05, 0) is 31.5 Å². The smallest absolute Gasteiger partial charge is 0.351 e. The van der Waals surface area contributed by atoms with Crippen LogP contribution in [0.2, 0.25) is 0 Å². The summed E-state index contributed by atoms with van der Waals surface area (Å²) in [7, 11) is 1.70. The monoisotopic (exact) mass is 460 g/mol. The molecule has 0 unspecified atom stereocenters. The topological polar surface area (TPSA) is 88.3 Å². The zero-order valence-corrected chi connectivity index (χ0v) is 18.3. The molecule has 0 radical (unpaired) electrons. The fraction of sp³-hybridized carbons (Fsp3) is 0.304. The van der Waals surface area contributed by atoms with Crippen molar-refractivity contribution in [3.63, 3.8) is 0 Å². The number of hydrogen-bond donors (Lipinski definition) is 1. The number of alkyl halides is 3. The van der Waals surface area contributed by atoms with E-state index in [-0.39, 0.29) is 29.4 Å². The Kier molecular flexibility index (Phi) is 6.85. The summed E-state index contributed by atoms with van der Waals surface area (Å²) in [6.07, 6.45) is -4.76. The molecule has 3 aromatic rings. The van der Waals surface area contributed by atoms with Crippen LogP contribution in [-0.2, 0) is 17.5 Å². The average Bonchev–Trinajstić information content (AvgIpc) is 3.29. The molecule has 10 heteroatoms. The number of amides is 2. The van der Waals surface area contributed by atoms with Gasteiger partial charge < -0.3 is 14.7 Å². The van der Waals surface area contributed by atoms with Gasteiger partial charge in [-0.1, -0.05) is 47.6 Å². The minimum atomic E-state index is -4.76. The molecule has 0 saturated carbocycles. The van der Waals surface area contributed by atoms with E-state index >= 15 is 0 Å². The van der Waals surface area contributed by atoms with Crippen LogP contribution in [0.15, 0.2) is 59.1 Å². The van der Waals surface area contributed by atoms with E-state index in [1.807, 2.05) is 30.3 Å². The van der Waals surface area contributed by atoms with Gasteiger partial charge in [0, 0.05) is 31.3 Å². The second-order valence-corrected chi connectivity index (χ2v) is 8.22. The lowest BCUT2D eigenvalue weighted by Crippen LogP contribution is -2.45. The molecule has 0 aliphatic rings. The lowest BCUT2D eigenvalue weighted by molar-refractivity contribution is -0.159. The summed E-state index contributed by atoms with van der Waals surface area (Å²) in [5.41, 5.74) is 0.484. The van der Waals surface area contributed by atoms with E-state index in [2.05, 4.69) is 20.0 Å². The number of aromatic nitrogens is 2. The highest BCUT2D eigenvalue weighted by Crippen LogP contribution is 2.29. The molecular formula is C23H23F3N4O3. The van der Waals surface area contributed by atoms with Gasteiger partial charge in [0.25, 0.3) is 5.91 Å². The molecule has 2 amide bonds. The molecule has 33 heavy (non-hydrogen) atoms. The van der Waals surface area contributed by atoms with Crippen molar-refractivity contribution in [1.29, 1.82) is 0 Å². The Bertz CT molecular complexity index is 1130. The zero-order valence-electron chi connectivity index (χ0n) is 18.3. The van der Waals surface area contributed by atoms with E-state index < -0.39 is 23.4 Å². The number of carbonyl (C=O) groups excluding carboxylic acids is 2. The van der Waals surface area contributed by atoms with Gasteiger partial charge in [-0.3, -0.25) is 9.59 Å². The normalized spacial score (nSPS) is 11.8. The standard InChI is InChI=1S/C23H23F3N4O3/c1-22(2,21(32)30(3)13-15-8-5-4-6-9-15)14-27-19(31)17-11-7-10-16(12-17)18-28-20(33-29-18)23(24,25)26/h4-12H,13-14H2,1-3H3,(H,27,31). The fourth-order valence-corrected chi connectivity index (χ4v) is 3.18. The largest absolute Gasteiger partial charge is 0.471 e. The van der Waals surface area contributed by atoms with Crippen molar-refractivity contribution in [2.75, 3.05) is 13.6 Å². The lowest BCUT2D eigenvalue weighted by atomic mass is 9.91. The number of nitrogens with zero attached hydrogens (tertiary/aromatic N) is 3. The van der Waals surface area contributed by atoms with Crippen molar-refractivity contribution in [3.05, 3.63) is 71.6 Å². The highest BCUT2D eigenvalue weighted by Gasteiger charge is 2.38. The van der Waals surface area contributed by atoms with Crippen LogP contribution in [0.1, 0.15) is 35.7 Å². The van der Waals surface area contributed by atoms with Crippen LogP contribution in [0.3, 0.4) is 0 Å². The van der Waals surface area contributed by atoms with Crippen molar-refractivity contribution >= 4 is 11.8 Å². The lowest BCUT2D eigenvalue weighted by Gasteiger charge is -2.29. The summed E-state index contributed by atoms with van der Waals surface area (Å²) >= 11 is 0. The highest BCUT2D eigenvalue weighted by atomic mass is 19.4. The molecule has 0 aliphatic heterocycles. The van der Waals surface area contributed by atoms with Crippen LogP contribution in [0.5, 0.6) is 0 Å². The summed E-state index contributed by atoms with van der Waals surface area (Å²) in [4.78, 5) is 30.5. The first kappa shape index (κ1) is 24.0. The van der Waals surface area contributed by atoms with E-state index in [9.17, 15) is 22.8 Å². The number of hydrogen-bond acceptors (Lipinski definition) is 5. The van der Waals surface area contributed by atoms with Gasteiger partial charge in [0.1, 0.15) is 0 Å². The van der Waals surface area contributed by atoms with Crippen LogP contribution in [-0.4, -0.2) is 40.4 Å². The van der Waals surface area contributed by atoms with Gasteiger partial charge in [0.15, 0.2) is 0 Å². The fourth-order valence-electron chi connectivity index (χ4n) is 3.18. The van der Waals surface area contributed by atoms with Crippen LogP contribution < -0.4 is 5.32 Å². The number of benzene rings is 2. The van der Waals surface area contributed by atoms with Gasteiger partial charge in [-0.15, -0.1) is 0 Å². The van der Waals surface area contributed by atoms with Crippen molar-refractivity contribution in [3.8, 4) is 11.4 Å². The number of nitrogens with one attached hydrogen (secondary N) is 1. The van der Waals surface area contributed by atoms with E-state index in [0.717, 1.165) is 5.56 Å². The quantitative estimate of drug-likeness (QED) is 0.572. The minimum absolute atomic E-state index is 0.0639. The Morgan fingerprint density at radius 2 is 1.76 bits per heavy atom. The maximum Gasteiger partial charge on any atom is 0.471 e. The number of rotatable bonds is 7. The third kappa shape index (κ3) is 5.97. The molecule has 1 heterocycles. The Morgan fingerprint density at radius 3 is 2.39 bits per heavy atom. The minimum Gasteiger partial charge on any atom is -0.351 e. The maximum absolute atomic E-state index is 12.9. The second kappa shape index (κ2) is 9.43. The average molecular weight is 460 g/mol. The third-order valence-electron chi connectivity index (χ3n) is 4.93. The van der Waals surface area contributed by atoms with E-state index in [1.165, 1.54) is 24.3 Å². The Hall–Kier alpha value is -3.69. The van der Waals surface area contributed by atoms with E-state index in [4.69, 9.17) is 0 Å². The van der Waals surface area contributed by atoms with Crippen LogP contribution in [0, 0.1) is 5.41 Å². The van der Waals surface area contributed by atoms with E-state index in [1.54, 1.807) is 25.8 Å². The SMILES string of the molecule is CN(Cc1ccccc1)C(=O)C(C)(C)CNC(=O)c1cccc(-c2noc(C(F)(F)F)n2)c1. The predicted octanol–water partition coefficient (Wildman–Crippen LogP) is 4.17. The number of carbonyl (C=O) groups is 2. The molecule has 7 nitrogen and oxygen atoms in total. The Morgan fingerprint density at radius 1 is 1.06 bits per heavy atom. The summed E-state index contributed by atoms with van der Waals surface area (Å²) in [5.74, 6) is -2.38. The summed E-state index contributed by atoms with van der Waals surface area (Å²) in [6.45, 7) is 3.95. The molecule has 0 aliphatic carbocycles. The molecule has 0 fully saturated rings. The van der Waals surface area contributed by atoms with Crippen molar-refractivity contribution in [1.82, 2.24) is 20.4 Å². The Labute approximate surface area is 188 Å². The first-order valence-electron chi connectivity index (χ1n) is 10.1. The second-order valence-electron chi connectivity index (χ2n) is 8.22. The summed E-state index contributed by atoms with van der Waals surface area (Å²) in [5, 5.41) is 6.04. The van der Waals surface area contributed by atoms with Gasteiger partial charge >= 0.3 is 12.1 Å². The molecular weight excluding hydrogens is 437 g/mol. The van der Waals surface area contributed by atoms with Gasteiger partial charge in [0.05, 0.1) is 5.41 Å². The summed E-state index contributed by atoms with van der Waals surface area (Å²) < 4.78 is 42.3. The first-order valence-corrected chi connectivity index (χ1v) is 10.1. The van der Waals surface area contributed by atoms with Gasteiger partial charge in [0.2, 0.25) is 11.7 Å². The predicted molar refractivity (Wildman–Crippen MR) is 114 cm³/mol. The molecule has 174 valence electrons. The van der Waals surface area contributed by atoms with E-state index in [0.29, 0.717) is 6.54 Å². The molecule has 1 N–H and O–H groups in total. The summed E-state index contributed by atoms with van der Waals surface area (Å²) in [6, 6.07) is 15.4. The van der Waals surface area contributed by atoms with Crippen molar-refractivity contribution in [2.24, 2.45) is 5.41 Å². The molecule has 1 aromatic heterocycles.